The van der Waals surface area contributed by atoms with Gasteiger partial charge in [0.05, 0.1) is 4.47 Å². The Kier molecular flexibility index (Phi) is 4.29. The molecule has 4 nitrogen and oxygen atoms in total. The van der Waals surface area contributed by atoms with Gasteiger partial charge in [0.15, 0.2) is 0 Å². The zero-order valence-corrected chi connectivity index (χ0v) is 12.3. The lowest BCUT2D eigenvalue weighted by Gasteiger charge is -2.09. The Labute approximate surface area is 124 Å². The summed E-state index contributed by atoms with van der Waals surface area (Å²) in [6.45, 7) is 2.33. The molecule has 0 aliphatic carbocycles. The largest absolute Gasteiger partial charge is 0.506 e. The molecule has 104 valence electrons. The van der Waals surface area contributed by atoms with E-state index in [0.29, 0.717) is 12.4 Å². The van der Waals surface area contributed by atoms with Crippen LogP contribution >= 0.6 is 15.9 Å². The number of carboxylic acids is 1. The van der Waals surface area contributed by atoms with Crippen molar-refractivity contribution in [1.82, 2.24) is 0 Å². The number of hydrogen-bond donors (Lipinski definition) is 2. The Morgan fingerprint density at radius 1 is 1.25 bits per heavy atom. The summed E-state index contributed by atoms with van der Waals surface area (Å²) in [5, 5.41) is 18.6. The topological polar surface area (TPSA) is 66.8 Å². The van der Waals surface area contributed by atoms with Gasteiger partial charge in [0.25, 0.3) is 0 Å². The molecule has 2 aromatic rings. The summed E-state index contributed by atoms with van der Waals surface area (Å²) in [6.07, 6.45) is 0. The Balaban J connectivity index is 2.17. The van der Waals surface area contributed by atoms with Crippen LogP contribution in [0.3, 0.4) is 0 Å². The van der Waals surface area contributed by atoms with Gasteiger partial charge in [-0.3, -0.25) is 0 Å². The number of phenols is 1. The van der Waals surface area contributed by atoms with E-state index in [4.69, 9.17) is 9.84 Å². The summed E-state index contributed by atoms with van der Waals surface area (Å²) >= 11 is 3.11. The van der Waals surface area contributed by atoms with Gasteiger partial charge in [0.2, 0.25) is 0 Å². The minimum absolute atomic E-state index is 0.196. The number of rotatable bonds is 4. The molecule has 2 N–H and O–H groups in total. The minimum atomic E-state index is -1.20. The second-order valence-electron chi connectivity index (χ2n) is 4.38. The van der Waals surface area contributed by atoms with Crippen LogP contribution in [0.25, 0.3) is 0 Å². The highest BCUT2D eigenvalue weighted by molar-refractivity contribution is 9.10. The maximum Gasteiger partial charge on any atom is 0.339 e. The lowest BCUT2D eigenvalue weighted by atomic mass is 10.1. The van der Waals surface area contributed by atoms with Crippen LogP contribution in [-0.2, 0) is 6.61 Å². The predicted molar refractivity (Wildman–Crippen MR) is 78.3 cm³/mol. The SMILES string of the molecule is Cc1ccc(COc2cc(Br)c(O)c(C(=O)O)c2)cc1. The number of benzene rings is 2. The van der Waals surface area contributed by atoms with Crippen molar-refractivity contribution >= 4 is 21.9 Å². The van der Waals surface area contributed by atoms with Gasteiger partial charge >= 0.3 is 5.97 Å². The third kappa shape index (κ3) is 3.30. The lowest BCUT2D eigenvalue weighted by molar-refractivity contribution is 0.0693. The summed E-state index contributed by atoms with van der Waals surface area (Å²) in [6, 6.07) is 10.7. The van der Waals surface area contributed by atoms with Crippen LogP contribution in [0.5, 0.6) is 11.5 Å². The molecule has 2 rings (SSSR count). The van der Waals surface area contributed by atoms with E-state index in [2.05, 4.69) is 15.9 Å². The fourth-order valence-corrected chi connectivity index (χ4v) is 2.11. The Bertz CT molecular complexity index is 635. The van der Waals surface area contributed by atoms with Crippen LogP contribution in [0, 0.1) is 6.92 Å². The number of ether oxygens (including phenoxy) is 1. The molecule has 0 aliphatic heterocycles. The van der Waals surface area contributed by atoms with Gasteiger partial charge in [0.1, 0.15) is 23.7 Å². The number of carboxylic acid groups (broad SMARTS) is 1. The van der Waals surface area contributed by atoms with Gasteiger partial charge in [0, 0.05) is 0 Å². The van der Waals surface area contributed by atoms with Crippen molar-refractivity contribution in [3.63, 3.8) is 0 Å². The van der Waals surface area contributed by atoms with Gasteiger partial charge in [-0.1, -0.05) is 29.8 Å². The van der Waals surface area contributed by atoms with Crippen molar-refractivity contribution in [3.8, 4) is 11.5 Å². The summed E-state index contributed by atoms with van der Waals surface area (Å²) in [5.41, 5.74) is 1.95. The van der Waals surface area contributed by atoms with Gasteiger partial charge in [-0.25, -0.2) is 4.79 Å². The molecular formula is C15H13BrO4. The highest BCUT2D eigenvalue weighted by Gasteiger charge is 2.14. The van der Waals surface area contributed by atoms with Crippen LogP contribution in [0.15, 0.2) is 40.9 Å². The molecule has 0 atom stereocenters. The Morgan fingerprint density at radius 3 is 2.50 bits per heavy atom. The molecule has 0 radical (unpaired) electrons. The molecule has 0 aromatic heterocycles. The van der Waals surface area contributed by atoms with E-state index in [1.807, 2.05) is 31.2 Å². The molecule has 20 heavy (non-hydrogen) atoms. The first-order chi connectivity index (χ1) is 9.47. The van der Waals surface area contributed by atoms with E-state index in [0.717, 1.165) is 11.1 Å². The summed E-state index contributed by atoms with van der Waals surface area (Å²) in [7, 11) is 0. The van der Waals surface area contributed by atoms with Gasteiger partial charge in [-0.2, -0.15) is 0 Å². The molecule has 0 aliphatic rings. The zero-order chi connectivity index (χ0) is 14.7. The van der Waals surface area contributed by atoms with E-state index in [1.54, 1.807) is 0 Å². The predicted octanol–water partition coefficient (Wildman–Crippen LogP) is 3.74. The van der Waals surface area contributed by atoms with Crippen LogP contribution in [-0.4, -0.2) is 16.2 Å². The van der Waals surface area contributed by atoms with Crippen LogP contribution in [0.4, 0.5) is 0 Å². The number of hydrogen-bond acceptors (Lipinski definition) is 3. The first-order valence-corrected chi connectivity index (χ1v) is 6.71. The first kappa shape index (κ1) is 14.4. The highest BCUT2D eigenvalue weighted by atomic mass is 79.9. The van der Waals surface area contributed by atoms with Gasteiger partial charge in [-0.15, -0.1) is 0 Å². The molecule has 5 heteroatoms. The molecule has 0 heterocycles. The van der Waals surface area contributed by atoms with E-state index < -0.39 is 5.97 Å². The average Bonchev–Trinajstić information content (AvgIpc) is 2.41. The second-order valence-corrected chi connectivity index (χ2v) is 5.24. The van der Waals surface area contributed by atoms with Crippen molar-refractivity contribution < 1.29 is 19.7 Å². The molecule has 0 amide bonds. The minimum Gasteiger partial charge on any atom is -0.506 e. The second kappa shape index (κ2) is 5.96. The van der Waals surface area contributed by atoms with Crippen molar-refractivity contribution in [3.05, 3.63) is 57.6 Å². The maximum atomic E-state index is 11.0. The van der Waals surface area contributed by atoms with Crippen LogP contribution < -0.4 is 4.74 Å². The van der Waals surface area contributed by atoms with Crippen LogP contribution in [0.2, 0.25) is 0 Å². The summed E-state index contributed by atoms with van der Waals surface area (Å²) in [4.78, 5) is 11.0. The molecule has 2 aromatic carbocycles. The standard InChI is InChI=1S/C15H13BrO4/c1-9-2-4-10(5-3-9)8-20-11-6-12(15(18)19)14(17)13(16)7-11/h2-7,17H,8H2,1H3,(H,18,19). The average molecular weight is 337 g/mol. The normalized spacial score (nSPS) is 10.3. The number of halogens is 1. The number of aromatic carboxylic acids is 1. The molecule has 0 spiro atoms. The molecule has 0 fully saturated rings. The van der Waals surface area contributed by atoms with E-state index >= 15 is 0 Å². The van der Waals surface area contributed by atoms with E-state index in [-0.39, 0.29) is 15.8 Å². The van der Waals surface area contributed by atoms with Gasteiger partial charge < -0.3 is 14.9 Å². The third-order valence-corrected chi connectivity index (χ3v) is 3.40. The molecular weight excluding hydrogens is 324 g/mol. The van der Waals surface area contributed by atoms with Crippen LogP contribution in [0.1, 0.15) is 21.5 Å². The van der Waals surface area contributed by atoms with E-state index in [1.165, 1.54) is 12.1 Å². The fraction of sp³-hybridized carbons (Fsp3) is 0.133. The fourth-order valence-electron chi connectivity index (χ4n) is 1.67. The summed E-state index contributed by atoms with van der Waals surface area (Å²) in [5.74, 6) is -1.13. The smallest absolute Gasteiger partial charge is 0.339 e. The Hall–Kier alpha value is -2.01. The molecule has 0 saturated heterocycles. The third-order valence-electron chi connectivity index (χ3n) is 2.79. The lowest BCUT2D eigenvalue weighted by Crippen LogP contribution is -2.00. The highest BCUT2D eigenvalue weighted by Crippen LogP contribution is 2.33. The quantitative estimate of drug-likeness (QED) is 0.892. The number of carbonyl (C=O) groups is 1. The van der Waals surface area contributed by atoms with Crippen molar-refractivity contribution in [1.29, 1.82) is 0 Å². The van der Waals surface area contributed by atoms with Crippen molar-refractivity contribution in [2.24, 2.45) is 0 Å². The Morgan fingerprint density at radius 2 is 1.90 bits per heavy atom. The molecule has 0 unspecified atom stereocenters. The zero-order valence-electron chi connectivity index (χ0n) is 10.8. The maximum absolute atomic E-state index is 11.0. The van der Waals surface area contributed by atoms with Crippen molar-refractivity contribution in [2.75, 3.05) is 0 Å². The molecule has 0 bridgehead atoms. The number of aromatic hydroxyl groups is 1. The van der Waals surface area contributed by atoms with Gasteiger partial charge in [-0.05, 0) is 40.5 Å². The summed E-state index contributed by atoms with van der Waals surface area (Å²) < 4.78 is 5.84. The van der Waals surface area contributed by atoms with E-state index in [9.17, 15) is 9.90 Å². The van der Waals surface area contributed by atoms with Crippen molar-refractivity contribution in [2.45, 2.75) is 13.5 Å². The number of aryl methyl sites for hydroxylation is 1. The monoisotopic (exact) mass is 336 g/mol. The first-order valence-electron chi connectivity index (χ1n) is 5.91. The molecule has 0 saturated carbocycles.